The Bertz CT molecular complexity index is 370. The molecule has 4 heteroatoms. The van der Waals surface area contributed by atoms with E-state index in [1.807, 2.05) is 0 Å². The number of hydrogen-bond donors (Lipinski definition) is 2. The van der Waals surface area contributed by atoms with E-state index in [9.17, 15) is 9.18 Å². The summed E-state index contributed by atoms with van der Waals surface area (Å²) in [6.07, 6.45) is 3.28. The van der Waals surface area contributed by atoms with Crippen LogP contribution in [0.1, 0.15) is 29.6 Å². The highest BCUT2D eigenvalue weighted by molar-refractivity contribution is 5.94. The number of halogens is 1. The van der Waals surface area contributed by atoms with Crippen molar-refractivity contribution in [3.05, 3.63) is 35.6 Å². The molecule has 92 valence electrons. The molecule has 17 heavy (non-hydrogen) atoms. The molecular weight excluding hydrogens is 219 g/mol. The topological polar surface area (TPSA) is 41.1 Å². The minimum absolute atomic E-state index is 0.126. The summed E-state index contributed by atoms with van der Waals surface area (Å²) < 4.78 is 12.7. The molecule has 2 N–H and O–H groups in total. The molecule has 1 amide bonds. The lowest BCUT2D eigenvalue weighted by molar-refractivity contribution is 0.0935. The number of nitrogens with one attached hydrogen (secondary N) is 2. The van der Waals surface area contributed by atoms with Gasteiger partial charge in [0, 0.05) is 18.2 Å². The van der Waals surface area contributed by atoms with Crippen molar-refractivity contribution in [2.75, 3.05) is 13.1 Å². The lowest BCUT2D eigenvalue weighted by atomic mass is 10.1. The summed E-state index contributed by atoms with van der Waals surface area (Å²) in [5.41, 5.74) is 0.510. The van der Waals surface area contributed by atoms with Gasteiger partial charge in [-0.1, -0.05) is 6.42 Å². The predicted octanol–water partition coefficient (Wildman–Crippen LogP) is 1.70. The maximum absolute atomic E-state index is 12.7. The van der Waals surface area contributed by atoms with Crippen LogP contribution in [0.3, 0.4) is 0 Å². The van der Waals surface area contributed by atoms with Gasteiger partial charge in [0.15, 0.2) is 0 Å². The minimum Gasteiger partial charge on any atom is -0.348 e. The molecule has 3 nitrogen and oxygen atoms in total. The standard InChI is InChI=1S/C13H17FN2O/c14-11-6-4-10(5-7-11)13(17)16-12-3-1-2-8-15-9-12/h4-7,12,15H,1-3,8-9H2,(H,16,17). The lowest BCUT2D eigenvalue weighted by Crippen LogP contribution is -2.40. The molecular formula is C13H17FN2O. The maximum Gasteiger partial charge on any atom is 0.251 e. The fraction of sp³-hybridized carbons (Fsp3) is 0.462. The van der Waals surface area contributed by atoms with E-state index >= 15 is 0 Å². The van der Waals surface area contributed by atoms with E-state index in [4.69, 9.17) is 0 Å². The number of amides is 1. The van der Waals surface area contributed by atoms with Gasteiger partial charge in [-0.2, -0.15) is 0 Å². The van der Waals surface area contributed by atoms with E-state index in [0.717, 1.165) is 32.4 Å². The van der Waals surface area contributed by atoms with Gasteiger partial charge in [-0.05, 0) is 43.7 Å². The number of hydrogen-bond acceptors (Lipinski definition) is 2. The fourth-order valence-electron chi connectivity index (χ4n) is 2.01. The van der Waals surface area contributed by atoms with Crippen LogP contribution in [0.5, 0.6) is 0 Å². The highest BCUT2D eigenvalue weighted by Gasteiger charge is 2.15. The Morgan fingerprint density at radius 2 is 2.06 bits per heavy atom. The normalized spacial score (nSPS) is 20.6. The molecule has 0 aliphatic carbocycles. The van der Waals surface area contributed by atoms with Crippen LogP contribution in [-0.4, -0.2) is 25.0 Å². The molecule has 0 spiro atoms. The summed E-state index contributed by atoms with van der Waals surface area (Å²) in [6.45, 7) is 1.83. The summed E-state index contributed by atoms with van der Waals surface area (Å²) in [5, 5.41) is 6.26. The van der Waals surface area contributed by atoms with Crippen molar-refractivity contribution in [3.8, 4) is 0 Å². The quantitative estimate of drug-likeness (QED) is 0.820. The second-order valence-electron chi connectivity index (χ2n) is 4.38. The number of rotatable bonds is 2. The van der Waals surface area contributed by atoms with E-state index in [1.165, 1.54) is 24.3 Å². The van der Waals surface area contributed by atoms with Gasteiger partial charge in [0.25, 0.3) is 5.91 Å². The average molecular weight is 236 g/mol. The Balaban J connectivity index is 1.93. The number of carbonyl (C=O) groups is 1. The zero-order valence-corrected chi connectivity index (χ0v) is 9.71. The van der Waals surface area contributed by atoms with Crippen molar-refractivity contribution >= 4 is 5.91 Å². The smallest absolute Gasteiger partial charge is 0.251 e. The van der Waals surface area contributed by atoms with Gasteiger partial charge < -0.3 is 10.6 Å². The van der Waals surface area contributed by atoms with E-state index in [-0.39, 0.29) is 17.8 Å². The third-order valence-corrected chi connectivity index (χ3v) is 2.99. The Morgan fingerprint density at radius 1 is 1.29 bits per heavy atom. The van der Waals surface area contributed by atoms with Gasteiger partial charge in [-0.25, -0.2) is 4.39 Å². The van der Waals surface area contributed by atoms with Crippen molar-refractivity contribution in [1.29, 1.82) is 0 Å². The van der Waals surface area contributed by atoms with Gasteiger partial charge in [-0.15, -0.1) is 0 Å². The average Bonchev–Trinajstić information content (AvgIpc) is 2.58. The second kappa shape index (κ2) is 5.77. The van der Waals surface area contributed by atoms with Gasteiger partial charge in [-0.3, -0.25) is 4.79 Å². The van der Waals surface area contributed by atoms with Crippen molar-refractivity contribution in [1.82, 2.24) is 10.6 Å². The Morgan fingerprint density at radius 3 is 2.82 bits per heavy atom. The van der Waals surface area contributed by atoms with Crippen molar-refractivity contribution in [2.45, 2.75) is 25.3 Å². The monoisotopic (exact) mass is 236 g/mol. The largest absolute Gasteiger partial charge is 0.348 e. The van der Waals surface area contributed by atoms with Crippen molar-refractivity contribution in [3.63, 3.8) is 0 Å². The van der Waals surface area contributed by atoms with Gasteiger partial charge in [0.2, 0.25) is 0 Å². The van der Waals surface area contributed by atoms with E-state index in [2.05, 4.69) is 10.6 Å². The predicted molar refractivity (Wildman–Crippen MR) is 64.4 cm³/mol. The number of benzene rings is 1. The molecule has 2 rings (SSSR count). The van der Waals surface area contributed by atoms with E-state index in [0.29, 0.717) is 5.56 Å². The molecule has 1 heterocycles. The highest BCUT2D eigenvalue weighted by atomic mass is 19.1. The van der Waals surface area contributed by atoms with Crippen LogP contribution in [0, 0.1) is 5.82 Å². The summed E-state index contributed by atoms with van der Waals surface area (Å²) in [4.78, 5) is 11.9. The third-order valence-electron chi connectivity index (χ3n) is 2.99. The van der Waals surface area contributed by atoms with E-state index < -0.39 is 0 Å². The first-order valence-corrected chi connectivity index (χ1v) is 6.03. The van der Waals surface area contributed by atoms with Crippen molar-refractivity contribution < 1.29 is 9.18 Å². The molecule has 0 saturated carbocycles. The lowest BCUT2D eigenvalue weighted by Gasteiger charge is -2.16. The highest BCUT2D eigenvalue weighted by Crippen LogP contribution is 2.07. The Hall–Kier alpha value is -1.42. The van der Waals surface area contributed by atoms with Gasteiger partial charge in [0.05, 0.1) is 0 Å². The third kappa shape index (κ3) is 3.53. The van der Waals surface area contributed by atoms with Crippen LogP contribution in [0.25, 0.3) is 0 Å². The molecule has 0 radical (unpaired) electrons. The Kier molecular flexibility index (Phi) is 4.09. The molecule has 1 aliphatic heterocycles. The SMILES string of the molecule is O=C(NC1CCCCNC1)c1ccc(F)cc1. The summed E-state index contributed by atoms with van der Waals surface area (Å²) in [6, 6.07) is 5.81. The van der Waals surface area contributed by atoms with Crippen LogP contribution in [0.15, 0.2) is 24.3 Å². The van der Waals surface area contributed by atoms with E-state index in [1.54, 1.807) is 0 Å². The first kappa shape index (κ1) is 12.0. The van der Waals surface area contributed by atoms with Crippen molar-refractivity contribution in [2.24, 2.45) is 0 Å². The first-order chi connectivity index (χ1) is 8.25. The molecule has 1 aliphatic rings. The second-order valence-corrected chi connectivity index (χ2v) is 4.38. The van der Waals surface area contributed by atoms with Crippen LogP contribution < -0.4 is 10.6 Å². The molecule has 0 aromatic heterocycles. The Labute approximate surface area is 100 Å². The minimum atomic E-state index is -0.322. The molecule has 1 aromatic carbocycles. The van der Waals surface area contributed by atoms with Crippen LogP contribution in [0.2, 0.25) is 0 Å². The van der Waals surface area contributed by atoms with Gasteiger partial charge >= 0.3 is 0 Å². The molecule has 1 aromatic rings. The van der Waals surface area contributed by atoms with Crippen LogP contribution in [0.4, 0.5) is 4.39 Å². The molecule has 1 unspecified atom stereocenters. The zero-order valence-electron chi connectivity index (χ0n) is 9.71. The first-order valence-electron chi connectivity index (χ1n) is 6.03. The number of carbonyl (C=O) groups excluding carboxylic acids is 1. The van der Waals surface area contributed by atoms with Crippen LogP contribution in [-0.2, 0) is 0 Å². The summed E-state index contributed by atoms with van der Waals surface area (Å²) >= 11 is 0. The summed E-state index contributed by atoms with van der Waals surface area (Å²) in [7, 11) is 0. The maximum atomic E-state index is 12.7. The zero-order chi connectivity index (χ0) is 12.1. The molecule has 1 saturated heterocycles. The molecule has 0 bridgehead atoms. The molecule has 1 atom stereocenters. The van der Waals surface area contributed by atoms with Crippen LogP contribution >= 0.6 is 0 Å². The molecule has 1 fully saturated rings. The fourth-order valence-corrected chi connectivity index (χ4v) is 2.01. The summed E-state index contributed by atoms with van der Waals surface area (Å²) in [5.74, 6) is -0.448. The van der Waals surface area contributed by atoms with Gasteiger partial charge in [0.1, 0.15) is 5.82 Å².